The molecule has 30 heavy (non-hydrogen) atoms. The van der Waals surface area contributed by atoms with Gasteiger partial charge < -0.3 is 0 Å². The maximum absolute atomic E-state index is 12.8. The fourth-order valence-electron chi connectivity index (χ4n) is 3.58. The van der Waals surface area contributed by atoms with Crippen molar-refractivity contribution in [3.8, 4) is 11.3 Å². The third kappa shape index (κ3) is 3.19. The molecule has 7 heteroatoms. The van der Waals surface area contributed by atoms with E-state index < -0.39 is 0 Å². The molecule has 0 aliphatic heterocycles. The van der Waals surface area contributed by atoms with E-state index in [1.165, 1.54) is 10.2 Å². The van der Waals surface area contributed by atoms with Crippen molar-refractivity contribution in [1.29, 1.82) is 0 Å². The van der Waals surface area contributed by atoms with Gasteiger partial charge in [-0.1, -0.05) is 61.8 Å². The van der Waals surface area contributed by atoms with Crippen LogP contribution >= 0.6 is 11.6 Å². The molecule has 3 heterocycles. The summed E-state index contributed by atoms with van der Waals surface area (Å²) < 4.78 is 4.78. The molecule has 3 aromatic heterocycles. The molecule has 0 atom stereocenters. The minimum atomic E-state index is -0.188. The average molecular weight is 418 g/mol. The number of halogens is 1. The molecule has 0 bridgehead atoms. The fraction of sp³-hybridized carbons (Fsp3) is 0.174. The highest BCUT2D eigenvalue weighted by Gasteiger charge is 2.14. The van der Waals surface area contributed by atoms with Crippen molar-refractivity contribution in [1.82, 2.24) is 23.8 Å². The molecule has 6 nitrogen and oxygen atoms in total. The lowest BCUT2D eigenvalue weighted by Gasteiger charge is -2.05. The van der Waals surface area contributed by atoms with E-state index in [2.05, 4.69) is 48.3 Å². The van der Waals surface area contributed by atoms with Crippen molar-refractivity contribution in [3.05, 3.63) is 93.6 Å². The maximum atomic E-state index is 12.8. The van der Waals surface area contributed by atoms with Gasteiger partial charge in [-0.15, -0.1) is 5.10 Å². The Bertz CT molecular complexity index is 1410. The molecular formula is C23H20ClN5O. The van der Waals surface area contributed by atoms with Crippen LogP contribution in [0.5, 0.6) is 0 Å². The van der Waals surface area contributed by atoms with Crippen LogP contribution in [0.25, 0.3) is 22.4 Å². The molecule has 0 amide bonds. The van der Waals surface area contributed by atoms with E-state index in [-0.39, 0.29) is 5.69 Å². The Labute approximate surface area is 178 Å². The van der Waals surface area contributed by atoms with Gasteiger partial charge in [0, 0.05) is 23.0 Å². The van der Waals surface area contributed by atoms with Crippen molar-refractivity contribution in [2.24, 2.45) is 0 Å². The van der Waals surface area contributed by atoms with Crippen LogP contribution in [0.15, 0.2) is 71.8 Å². The highest BCUT2D eigenvalue weighted by Crippen LogP contribution is 2.24. The second-order valence-electron chi connectivity index (χ2n) is 7.69. The van der Waals surface area contributed by atoms with E-state index in [4.69, 9.17) is 11.6 Å². The lowest BCUT2D eigenvalue weighted by molar-refractivity contribution is 0.659. The van der Waals surface area contributed by atoms with Gasteiger partial charge in [0.1, 0.15) is 5.52 Å². The zero-order valence-electron chi connectivity index (χ0n) is 16.7. The number of hydrogen-bond donors (Lipinski definition) is 0. The molecule has 0 aliphatic carbocycles. The Hall–Kier alpha value is -3.38. The molecule has 150 valence electrons. The molecule has 0 spiro atoms. The summed E-state index contributed by atoms with van der Waals surface area (Å²) in [6.45, 7) is 4.73. The first-order valence-electron chi connectivity index (χ1n) is 9.82. The van der Waals surface area contributed by atoms with E-state index in [1.807, 2.05) is 30.3 Å². The van der Waals surface area contributed by atoms with Crippen molar-refractivity contribution >= 4 is 22.8 Å². The van der Waals surface area contributed by atoms with Crippen LogP contribution in [-0.2, 0) is 6.54 Å². The smallest absolute Gasteiger partial charge is 0.247 e. The Morgan fingerprint density at radius 1 is 0.967 bits per heavy atom. The number of benzene rings is 2. The molecule has 0 unspecified atom stereocenters. The summed E-state index contributed by atoms with van der Waals surface area (Å²) in [5.41, 5.74) is 5.30. The monoisotopic (exact) mass is 417 g/mol. The number of hydrogen-bond acceptors (Lipinski definition) is 3. The third-order valence-corrected chi connectivity index (χ3v) is 5.56. The predicted octanol–water partition coefficient (Wildman–Crippen LogP) is 4.64. The Morgan fingerprint density at radius 3 is 2.40 bits per heavy atom. The van der Waals surface area contributed by atoms with Crippen molar-refractivity contribution in [2.45, 2.75) is 26.3 Å². The minimum Gasteiger partial charge on any atom is -0.247 e. The van der Waals surface area contributed by atoms with Crippen molar-refractivity contribution < 1.29 is 0 Å². The summed E-state index contributed by atoms with van der Waals surface area (Å²) >= 11 is 5.95. The third-order valence-electron chi connectivity index (χ3n) is 5.31. The molecule has 0 saturated carbocycles. The zero-order chi connectivity index (χ0) is 20.8. The molecule has 0 radical (unpaired) electrons. The molecule has 0 saturated heterocycles. The van der Waals surface area contributed by atoms with Crippen molar-refractivity contribution in [3.63, 3.8) is 0 Å². The second kappa shape index (κ2) is 7.15. The van der Waals surface area contributed by atoms with E-state index in [1.54, 1.807) is 21.3 Å². The van der Waals surface area contributed by atoms with E-state index >= 15 is 0 Å². The standard InChI is InChI=1S/C23H20ClN5O/c1-15(2)17-5-7-18(8-6-17)20-13-21-22-26-29(14-16-3-9-19(24)10-4-16)23(30)27(22)11-12-28(21)25-20/h3-13,15H,14H2,1-2H3. The van der Waals surface area contributed by atoms with Gasteiger partial charge >= 0.3 is 5.69 Å². The first kappa shape index (κ1) is 18.6. The van der Waals surface area contributed by atoms with Gasteiger partial charge in [0.2, 0.25) is 0 Å². The highest BCUT2D eigenvalue weighted by atomic mass is 35.5. The summed E-state index contributed by atoms with van der Waals surface area (Å²) in [6.07, 6.45) is 3.48. The van der Waals surface area contributed by atoms with Gasteiger partial charge in [0.05, 0.1) is 12.2 Å². The van der Waals surface area contributed by atoms with Crippen LogP contribution in [0.1, 0.15) is 30.9 Å². The van der Waals surface area contributed by atoms with Crippen LogP contribution in [0.3, 0.4) is 0 Å². The highest BCUT2D eigenvalue weighted by molar-refractivity contribution is 6.30. The Balaban J connectivity index is 1.57. The second-order valence-corrected chi connectivity index (χ2v) is 8.13. The molecule has 5 rings (SSSR count). The summed E-state index contributed by atoms with van der Waals surface area (Å²) in [5.74, 6) is 0.483. The van der Waals surface area contributed by atoms with Crippen molar-refractivity contribution in [2.75, 3.05) is 0 Å². The summed E-state index contributed by atoms with van der Waals surface area (Å²) in [5, 5.41) is 9.92. The van der Waals surface area contributed by atoms with Gasteiger partial charge in [-0.3, -0.25) is 0 Å². The molecule has 0 aliphatic rings. The van der Waals surface area contributed by atoms with Crippen LogP contribution in [0, 0.1) is 0 Å². The normalized spacial score (nSPS) is 11.7. The lowest BCUT2D eigenvalue weighted by atomic mass is 10.0. The van der Waals surface area contributed by atoms with Crippen LogP contribution in [0.2, 0.25) is 5.02 Å². The molecule has 2 aromatic carbocycles. The van der Waals surface area contributed by atoms with E-state index in [0.29, 0.717) is 23.1 Å². The van der Waals surface area contributed by atoms with Gasteiger partial charge in [0.15, 0.2) is 5.65 Å². The first-order chi connectivity index (χ1) is 14.5. The van der Waals surface area contributed by atoms with Gasteiger partial charge in [-0.2, -0.15) is 5.10 Å². The van der Waals surface area contributed by atoms with Gasteiger partial charge in [-0.25, -0.2) is 18.4 Å². The SMILES string of the molecule is CC(C)c1ccc(-c2cc3c4nn(Cc5ccc(Cl)cc5)c(=O)n4ccn3n2)cc1. The number of nitrogens with zero attached hydrogens (tertiary/aromatic N) is 5. The van der Waals surface area contributed by atoms with Crippen LogP contribution in [-0.4, -0.2) is 23.8 Å². The Kier molecular flexibility index (Phi) is 4.44. The van der Waals surface area contributed by atoms with Crippen LogP contribution < -0.4 is 5.69 Å². The van der Waals surface area contributed by atoms with Gasteiger partial charge in [-0.05, 0) is 35.2 Å². The van der Waals surface area contributed by atoms with Gasteiger partial charge in [0.25, 0.3) is 0 Å². The largest absolute Gasteiger partial charge is 0.350 e. The van der Waals surface area contributed by atoms with E-state index in [9.17, 15) is 4.79 Å². The number of fused-ring (bicyclic) bond motifs is 3. The molecule has 0 fully saturated rings. The quantitative estimate of drug-likeness (QED) is 0.428. The molecular weight excluding hydrogens is 398 g/mol. The zero-order valence-corrected chi connectivity index (χ0v) is 17.4. The van der Waals surface area contributed by atoms with Crippen LogP contribution in [0.4, 0.5) is 0 Å². The lowest BCUT2D eigenvalue weighted by Crippen LogP contribution is -2.21. The summed E-state index contributed by atoms with van der Waals surface area (Å²) in [7, 11) is 0. The first-order valence-corrected chi connectivity index (χ1v) is 10.2. The maximum Gasteiger partial charge on any atom is 0.350 e. The predicted molar refractivity (Wildman–Crippen MR) is 118 cm³/mol. The number of rotatable bonds is 4. The summed E-state index contributed by atoms with van der Waals surface area (Å²) in [4.78, 5) is 12.8. The fourth-order valence-corrected chi connectivity index (χ4v) is 3.71. The molecule has 0 N–H and O–H groups in total. The Morgan fingerprint density at radius 2 is 1.70 bits per heavy atom. The average Bonchev–Trinajstić information content (AvgIpc) is 3.31. The topological polar surface area (TPSA) is 56.6 Å². The number of aromatic nitrogens is 5. The minimum absolute atomic E-state index is 0.188. The summed E-state index contributed by atoms with van der Waals surface area (Å²) in [6, 6.07) is 17.8. The van der Waals surface area contributed by atoms with E-state index in [0.717, 1.165) is 22.3 Å². The molecule has 5 aromatic rings.